The number of rotatable bonds is 6. The molecule has 0 fully saturated rings. The molecule has 2 N–H and O–H groups in total. The van der Waals surface area contributed by atoms with Crippen LogP contribution in [0.3, 0.4) is 0 Å². The van der Waals surface area contributed by atoms with Gasteiger partial charge in [0.05, 0.1) is 15.8 Å². The van der Waals surface area contributed by atoms with Gasteiger partial charge >= 0.3 is 0 Å². The molecule has 1 aromatic carbocycles. The van der Waals surface area contributed by atoms with E-state index in [1.807, 2.05) is 31.2 Å². The minimum absolute atomic E-state index is 0.166. The van der Waals surface area contributed by atoms with E-state index in [0.29, 0.717) is 14.5 Å². The van der Waals surface area contributed by atoms with Gasteiger partial charge in [0.25, 0.3) is 0 Å². The molecule has 1 amide bonds. The molecule has 0 aliphatic rings. The molecule has 0 bridgehead atoms. The highest BCUT2D eigenvalue weighted by atomic mass is 35.5. The fourth-order valence-corrected chi connectivity index (χ4v) is 3.97. The monoisotopic (exact) mass is 425 g/mol. The van der Waals surface area contributed by atoms with Crippen molar-refractivity contribution >= 4 is 68.8 Å². The summed E-state index contributed by atoms with van der Waals surface area (Å²) in [6.07, 6.45) is 1.42. The molecule has 2 heterocycles. The Hall–Kier alpha value is -1.87. The molecule has 10 heteroatoms. The summed E-state index contributed by atoms with van der Waals surface area (Å²) in [5.74, 6) is 0.204. The molecule has 26 heavy (non-hydrogen) atoms. The van der Waals surface area contributed by atoms with Crippen LogP contribution in [0, 0.1) is 6.92 Å². The standard InChI is InChI=1S/C16H13Cl2N5OS2/c1-9-3-2-4-11(5-9)20-15-22-23-16(26-15)25-8-13(24)21-14-12(18)6-10(17)7-19-14/h2-7H,8H2,1H3,(H,20,22)(H,19,21,24). The molecule has 3 aromatic rings. The van der Waals surface area contributed by atoms with Gasteiger partial charge in [-0.1, -0.05) is 58.4 Å². The number of aryl methyl sites for hydroxylation is 1. The number of carbonyl (C=O) groups excluding carboxylic acids is 1. The van der Waals surface area contributed by atoms with Gasteiger partial charge < -0.3 is 10.6 Å². The van der Waals surface area contributed by atoms with Crippen molar-refractivity contribution in [3.05, 3.63) is 52.1 Å². The number of carbonyl (C=O) groups is 1. The molecule has 2 aromatic heterocycles. The number of aromatic nitrogens is 3. The zero-order valence-corrected chi connectivity index (χ0v) is 16.6. The second-order valence-corrected chi connectivity index (χ2v) is 8.23. The molecule has 0 radical (unpaired) electrons. The third-order valence-electron chi connectivity index (χ3n) is 3.07. The molecule has 0 aliphatic carbocycles. The van der Waals surface area contributed by atoms with Gasteiger partial charge in [0.15, 0.2) is 10.2 Å². The van der Waals surface area contributed by atoms with E-state index in [1.165, 1.54) is 35.4 Å². The number of nitrogens with one attached hydrogen (secondary N) is 2. The lowest BCUT2D eigenvalue weighted by atomic mass is 10.2. The van der Waals surface area contributed by atoms with E-state index in [0.717, 1.165) is 11.3 Å². The van der Waals surface area contributed by atoms with Crippen LogP contribution in [0.1, 0.15) is 5.56 Å². The molecule has 0 spiro atoms. The molecular weight excluding hydrogens is 413 g/mol. The molecule has 134 valence electrons. The zero-order valence-electron chi connectivity index (χ0n) is 13.5. The first kappa shape index (κ1) is 18.9. The van der Waals surface area contributed by atoms with Crippen LogP contribution in [0.25, 0.3) is 0 Å². The van der Waals surface area contributed by atoms with E-state index in [2.05, 4.69) is 25.8 Å². The second kappa shape index (κ2) is 8.68. The van der Waals surface area contributed by atoms with E-state index in [1.54, 1.807) is 0 Å². The first-order chi connectivity index (χ1) is 12.5. The third-order valence-corrected chi connectivity index (χ3v) is 5.54. The summed E-state index contributed by atoms with van der Waals surface area (Å²) in [4.78, 5) is 16.0. The topological polar surface area (TPSA) is 79.8 Å². The normalized spacial score (nSPS) is 10.6. The molecule has 0 aliphatic heterocycles. The van der Waals surface area contributed by atoms with Crippen molar-refractivity contribution in [1.29, 1.82) is 0 Å². The maximum atomic E-state index is 12.0. The SMILES string of the molecule is Cc1cccc(Nc2nnc(SCC(=O)Nc3ncc(Cl)cc3Cl)s2)c1. The summed E-state index contributed by atoms with van der Waals surface area (Å²) in [7, 11) is 0. The quantitative estimate of drug-likeness (QED) is 0.539. The Morgan fingerprint density at radius 2 is 2.12 bits per heavy atom. The van der Waals surface area contributed by atoms with Crippen molar-refractivity contribution in [2.24, 2.45) is 0 Å². The number of anilines is 3. The van der Waals surface area contributed by atoms with Crippen molar-refractivity contribution in [2.75, 3.05) is 16.4 Å². The van der Waals surface area contributed by atoms with Crippen LogP contribution in [0.15, 0.2) is 40.9 Å². The van der Waals surface area contributed by atoms with Gasteiger partial charge in [-0.2, -0.15) is 0 Å². The minimum Gasteiger partial charge on any atom is -0.330 e. The lowest BCUT2D eigenvalue weighted by molar-refractivity contribution is -0.113. The number of benzene rings is 1. The predicted octanol–water partition coefficient (Wildman–Crippen LogP) is 5.02. The summed E-state index contributed by atoms with van der Waals surface area (Å²) in [5, 5.41) is 15.4. The number of hydrogen-bond donors (Lipinski definition) is 2. The Balaban J connectivity index is 1.53. The molecule has 0 unspecified atom stereocenters. The number of hydrogen-bond acceptors (Lipinski definition) is 7. The van der Waals surface area contributed by atoms with Gasteiger partial charge in [-0.3, -0.25) is 4.79 Å². The summed E-state index contributed by atoms with van der Waals surface area (Å²) < 4.78 is 0.686. The lowest BCUT2D eigenvalue weighted by Crippen LogP contribution is -2.15. The largest absolute Gasteiger partial charge is 0.330 e. The van der Waals surface area contributed by atoms with Crippen molar-refractivity contribution in [3.8, 4) is 0 Å². The van der Waals surface area contributed by atoms with Gasteiger partial charge in [-0.05, 0) is 30.7 Å². The van der Waals surface area contributed by atoms with Crippen molar-refractivity contribution < 1.29 is 4.79 Å². The predicted molar refractivity (Wildman–Crippen MR) is 108 cm³/mol. The average Bonchev–Trinajstić information content (AvgIpc) is 3.03. The Morgan fingerprint density at radius 1 is 1.27 bits per heavy atom. The van der Waals surface area contributed by atoms with Crippen LogP contribution in [-0.4, -0.2) is 26.8 Å². The van der Waals surface area contributed by atoms with Gasteiger partial charge in [-0.15, -0.1) is 10.2 Å². The van der Waals surface area contributed by atoms with Crippen LogP contribution in [0.4, 0.5) is 16.6 Å². The zero-order chi connectivity index (χ0) is 18.5. The first-order valence-electron chi connectivity index (χ1n) is 7.40. The fourth-order valence-electron chi connectivity index (χ4n) is 1.97. The van der Waals surface area contributed by atoms with E-state index < -0.39 is 0 Å². The Kier molecular flexibility index (Phi) is 6.31. The summed E-state index contributed by atoms with van der Waals surface area (Å²) in [6, 6.07) is 9.48. The highest BCUT2D eigenvalue weighted by Crippen LogP contribution is 2.28. The number of nitrogens with zero attached hydrogens (tertiary/aromatic N) is 3. The number of pyridine rings is 1. The molecule has 3 rings (SSSR count). The third kappa shape index (κ3) is 5.31. The second-order valence-electron chi connectivity index (χ2n) is 5.19. The molecule has 0 saturated carbocycles. The number of amides is 1. The van der Waals surface area contributed by atoms with Gasteiger partial charge in [0.2, 0.25) is 11.0 Å². The van der Waals surface area contributed by atoms with E-state index in [9.17, 15) is 4.79 Å². The van der Waals surface area contributed by atoms with Crippen LogP contribution >= 0.6 is 46.3 Å². The highest BCUT2D eigenvalue weighted by molar-refractivity contribution is 8.01. The van der Waals surface area contributed by atoms with Crippen LogP contribution in [-0.2, 0) is 4.79 Å². The van der Waals surface area contributed by atoms with Gasteiger partial charge in [-0.25, -0.2) is 4.98 Å². The number of thioether (sulfide) groups is 1. The van der Waals surface area contributed by atoms with Gasteiger partial charge in [0.1, 0.15) is 0 Å². The van der Waals surface area contributed by atoms with Crippen molar-refractivity contribution in [2.45, 2.75) is 11.3 Å². The summed E-state index contributed by atoms with van der Waals surface area (Å²) >= 11 is 14.4. The van der Waals surface area contributed by atoms with Gasteiger partial charge in [0, 0.05) is 11.9 Å². The van der Waals surface area contributed by atoms with Crippen LogP contribution in [0.2, 0.25) is 10.0 Å². The minimum atomic E-state index is -0.241. The maximum absolute atomic E-state index is 12.0. The van der Waals surface area contributed by atoms with Crippen molar-refractivity contribution in [1.82, 2.24) is 15.2 Å². The lowest BCUT2D eigenvalue weighted by Gasteiger charge is -2.05. The highest BCUT2D eigenvalue weighted by Gasteiger charge is 2.11. The molecular formula is C16H13Cl2N5OS2. The van der Waals surface area contributed by atoms with E-state index in [4.69, 9.17) is 23.2 Å². The molecule has 6 nitrogen and oxygen atoms in total. The summed E-state index contributed by atoms with van der Waals surface area (Å²) in [6.45, 7) is 2.02. The average molecular weight is 426 g/mol. The van der Waals surface area contributed by atoms with E-state index >= 15 is 0 Å². The van der Waals surface area contributed by atoms with E-state index in [-0.39, 0.29) is 22.5 Å². The molecule has 0 atom stereocenters. The Bertz CT molecular complexity index is 935. The smallest absolute Gasteiger partial charge is 0.236 e. The van der Waals surface area contributed by atoms with Crippen molar-refractivity contribution in [3.63, 3.8) is 0 Å². The number of halogens is 2. The van der Waals surface area contributed by atoms with Crippen LogP contribution in [0.5, 0.6) is 0 Å². The Morgan fingerprint density at radius 3 is 2.88 bits per heavy atom. The molecule has 0 saturated heterocycles. The maximum Gasteiger partial charge on any atom is 0.236 e. The summed E-state index contributed by atoms with van der Waals surface area (Å²) in [5.41, 5.74) is 2.10. The first-order valence-corrected chi connectivity index (χ1v) is 9.96. The fraction of sp³-hybridized carbons (Fsp3) is 0.125. The van der Waals surface area contributed by atoms with Crippen LogP contribution < -0.4 is 10.6 Å². The Labute approximate surface area is 168 Å².